The summed E-state index contributed by atoms with van der Waals surface area (Å²) in [5.74, 6) is 1.78. The summed E-state index contributed by atoms with van der Waals surface area (Å²) in [6.07, 6.45) is 8.61. The predicted octanol–water partition coefficient (Wildman–Crippen LogP) is 3.06. The smallest absolute Gasteiger partial charge is 0.326 e. The van der Waals surface area contributed by atoms with Gasteiger partial charge in [0.2, 0.25) is 5.91 Å². The van der Waals surface area contributed by atoms with Crippen LogP contribution in [-0.4, -0.2) is 40.2 Å². The molecule has 1 aromatic heterocycles. The molecule has 4 aliphatic rings. The van der Waals surface area contributed by atoms with E-state index in [1.165, 1.54) is 26.2 Å². The third kappa shape index (κ3) is 4.93. The minimum absolute atomic E-state index is 0.0863. The number of aromatic nitrogens is 2. The van der Waals surface area contributed by atoms with Crippen molar-refractivity contribution in [3.63, 3.8) is 0 Å². The third-order valence-electron chi connectivity index (χ3n) is 7.22. The van der Waals surface area contributed by atoms with E-state index >= 15 is 0 Å². The summed E-state index contributed by atoms with van der Waals surface area (Å²) in [5.41, 5.74) is 0.134. The molecule has 2 N–H and O–H groups in total. The van der Waals surface area contributed by atoms with Gasteiger partial charge in [0, 0.05) is 18.5 Å². The zero-order valence-corrected chi connectivity index (χ0v) is 18.7. The number of hydrogen-bond donors (Lipinski definition) is 2. The van der Waals surface area contributed by atoms with Gasteiger partial charge in [0.1, 0.15) is 12.4 Å². The number of ether oxygens (including phenoxy) is 1. The van der Waals surface area contributed by atoms with E-state index in [2.05, 4.69) is 15.7 Å². The van der Waals surface area contributed by atoms with Gasteiger partial charge in [-0.3, -0.25) is 14.4 Å². The monoisotopic (exact) mass is 430 g/mol. The molecule has 170 valence electrons. The van der Waals surface area contributed by atoms with Crippen LogP contribution in [-0.2, 0) is 19.1 Å². The van der Waals surface area contributed by atoms with Crippen molar-refractivity contribution < 1.29 is 19.1 Å². The van der Waals surface area contributed by atoms with E-state index in [1.54, 1.807) is 16.9 Å². The zero-order chi connectivity index (χ0) is 22.2. The average Bonchev–Trinajstić information content (AvgIpc) is 3.13. The summed E-state index contributed by atoms with van der Waals surface area (Å²) in [7, 11) is 0. The molecule has 4 bridgehead atoms. The number of anilines is 1. The van der Waals surface area contributed by atoms with Gasteiger partial charge in [-0.1, -0.05) is 0 Å². The minimum atomic E-state index is -0.969. The summed E-state index contributed by atoms with van der Waals surface area (Å²) in [6, 6.07) is 1.78. The normalized spacial score (nSPS) is 29.6. The fraction of sp³-hybridized carbons (Fsp3) is 0.739. The van der Waals surface area contributed by atoms with Gasteiger partial charge in [0.05, 0.1) is 6.20 Å². The van der Waals surface area contributed by atoms with Gasteiger partial charge >= 0.3 is 5.97 Å². The Kier molecular flexibility index (Phi) is 6.08. The second kappa shape index (κ2) is 8.63. The van der Waals surface area contributed by atoms with Crippen molar-refractivity contribution in [1.82, 2.24) is 15.1 Å². The number of hydrogen-bond acceptors (Lipinski definition) is 5. The Morgan fingerprint density at radius 3 is 2.32 bits per heavy atom. The molecule has 0 radical (unpaired) electrons. The summed E-state index contributed by atoms with van der Waals surface area (Å²) in [4.78, 5) is 37.1. The van der Waals surface area contributed by atoms with Crippen LogP contribution in [0.15, 0.2) is 12.3 Å². The Hall–Kier alpha value is -2.38. The molecule has 0 saturated heterocycles. The first-order chi connectivity index (χ1) is 14.7. The largest absolute Gasteiger partial charge is 0.451 e. The predicted molar refractivity (Wildman–Crippen MR) is 115 cm³/mol. The van der Waals surface area contributed by atoms with Crippen LogP contribution in [0.3, 0.4) is 0 Å². The Balaban J connectivity index is 1.21. The van der Waals surface area contributed by atoms with E-state index < -0.39 is 18.0 Å². The van der Waals surface area contributed by atoms with E-state index in [9.17, 15) is 14.4 Å². The van der Waals surface area contributed by atoms with E-state index in [0.29, 0.717) is 12.2 Å². The van der Waals surface area contributed by atoms with Crippen LogP contribution in [0.25, 0.3) is 0 Å². The minimum Gasteiger partial charge on any atom is -0.451 e. The highest BCUT2D eigenvalue weighted by Crippen LogP contribution is 2.61. The average molecular weight is 431 g/mol. The lowest BCUT2D eigenvalue weighted by molar-refractivity contribution is -0.153. The molecular weight excluding hydrogens is 396 g/mol. The first-order valence-corrected chi connectivity index (χ1v) is 11.5. The molecular formula is C23H34N4O4. The molecule has 0 aromatic carbocycles. The molecule has 0 aliphatic heterocycles. The summed E-state index contributed by atoms with van der Waals surface area (Å²) >= 11 is 0. The molecule has 5 rings (SSSR count). The van der Waals surface area contributed by atoms with Gasteiger partial charge in [-0.05, 0) is 82.5 Å². The lowest BCUT2D eigenvalue weighted by Gasteiger charge is -2.56. The topological polar surface area (TPSA) is 102 Å². The van der Waals surface area contributed by atoms with E-state index in [4.69, 9.17) is 4.74 Å². The van der Waals surface area contributed by atoms with Crippen LogP contribution in [0, 0.1) is 23.2 Å². The molecule has 0 spiro atoms. The molecule has 0 unspecified atom stereocenters. The highest BCUT2D eigenvalue weighted by molar-refractivity contribution is 5.94. The van der Waals surface area contributed by atoms with E-state index in [1.807, 2.05) is 13.8 Å². The Morgan fingerprint density at radius 2 is 1.74 bits per heavy atom. The van der Waals surface area contributed by atoms with Crippen LogP contribution >= 0.6 is 0 Å². The fourth-order valence-electron chi connectivity index (χ4n) is 6.43. The lowest BCUT2D eigenvalue weighted by Crippen LogP contribution is -2.48. The maximum atomic E-state index is 12.6. The zero-order valence-electron chi connectivity index (χ0n) is 18.7. The quantitative estimate of drug-likeness (QED) is 0.617. The van der Waals surface area contributed by atoms with Gasteiger partial charge < -0.3 is 15.4 Å². The molecule has 4 fully saturated rings. The maximum absolute atomic E-state index is 12.6. The Morgan fingerprint density at radius 1 is 1.13 bits per heavy atom. The number of carbonyl (C=O) groups excluding carboxylic acids is 3. The van der Waals surface area contributed by atoms with Crippen molar-refractivity contribution in [2.75, 3.05) is 11.9 Å². The lowest BCUT2D eigenvalue weighted by atomic mass is 9.49. The van der Waals surface area contributed by atoms with Crippen LogP contribution in [0.4, 0.5) is 5.82 Å². The van der Waals surface area contributed by atoms with Gasteiger partial charge in [0.25, 0.3) is 5.91 Å². The molecule has 4 saturated carbocycles. The van der Waals surface area contributed by atoms with Crippen molar-refractivity contribution >= 4 is 23.6 Å². The van der Waals surface area contributed by atoms with Gasteiger partial charge in [-0.2, -0.15) is 5.10 Å². The molecule has 1 aromatic rings. The Bertz CT molecular complexity index is 811. The Labute approximate surface area is 183 Å². The standard InChI is InChI=1S/C23H34N4O4/c1-14(2)27-19(4-5-25-27)26-22(30)15(3)31-21(29)13-24-20(28)12-23-9-16-6-17(10-23)8-18(7-16)11-23/h4-5,14-18H,6-13H2,1-3H3,(H,24,28)(H,26,30)/t15-,16?,17?,18?,23?/m1/s1. The molecule has 8 nitrogen and oxygen atoms in total. The first kappa shape index (κ1) is 21.8. The fourth-order valence-corrected chi connectivity index (χ4v) is 6.43. The summed E-state index contributed by atoms with van der Waals surface area (Å²) in [6.45, 7) is 5.21. The van der Waals surface area contributed by atoms with Crippen molar-refractivity contribution in [1.29, 1.82) is 0 Å². The van der Waals surface area contributed by atoms with Crippen LogP contribution < -0.4 is 10.6 Å². The third-order valence-corrected chi connectivity index (χ3v) is 7.22. The van der Waals surface area contributed by atoms with E-state index in [-0.39, 0.29) is 23.9 Å². The second-order valence-electron chi connectivity index (χ2n) is 10.2. The molecule has 4 aliphatic carbocycles. The summed E-state index contributed by atoms with van der Waals surface area (Å²) < 4.78 is 6.89. The number of carbonyl (C=O) groups is 3. The molecule has 1 atom stereocenters. The molecule has 8 heteroatoms. The molecule has 2 amide bonds. The second-order valence-corrected chi connectivity index (χ2v) is 10.2. The number of nitrogens with zero attached hydrogens (tertiary/aromatic N) is 2. The number of rotatable bonds is 8. The van der Waals surface area contributed by atoms with Crippen molar-refractivity contribution in [3.8, 4) is 0 Å². The molecule has 31 heavy (non-hydrogen) atoms. The first-order valence-electron chi connectivity index (χ1n) is 11.5. The molecule has 1 heterocycles. The van der Waals surface area contributed by atoms with Crippen molar-refractivity contribution in [2.24, 2.45) is 23.2 Å². The number of nitrogens with one attached hydrogen (secondary N) is 2. The summed E-state index contributed by atoms with van der Waals surface area (Å²) in [5, 5.41) is 9.60. The highest BCUT2D eigenvalue weighted by atomic mass is 16.5. The van der Waals surface area contributed by atoms with E-state index in [0.717, 1.165) is 37.0 Å². The SMILES string of the molecule is CC(C)n1nccc1NC(=O)[C@@H](C)OC(=O)CNC(=O)CC12CC3CC(CC(C3)C1)C2. The van der Waals surface area contributed by atoms with Crippen LogP contribution in [0.2, 0.25) is 0 Å². The van der Waals surface area contributed by atoms with Crippen molar-refractivity contribution in [3.05, 3.63) is 12.3 Å². The number of esters is 1. The van der Waals surface area contributed by atoms with Crippen molar-refractivity contribution in [2.45, 2.75) is 77.9 Å². The number of amides is 2. The highest BCUT2D eigenvalue weighted by Gasteiger charge is 2.51. The van der Waals surface area contributed by atoms with Gasteiger partial charge in [-0.15, -0.1) is 0 Å². The maximum Gasteiger partial charge on any atom is 0.326 e. The van der Waals surface area contributed by atoms with Gasteiger partial charge in [-0.25, -0.2) is 4.68 Å². The van der Waals surface area contributed by atoms with Crippen LogP contribution in [0.5, 0.6) is 0 Å². The van der Waals surface area contributed by atoms with Gasteiger partial charge in [0.15, 0.2) is 6.10 Å². The van der Waals surface area contributed by atoms with Crippen LogP contribution in [0.1, 0.15) is 71.8 Å².